The predicted octanol–water partition coefficient (Wildman–Crippen LogP) is -1.15. The summed E-state index contributed by atoms with van der Waals surface area (Å²) in [7, 11) is 0. The first-order chi connectivity index (χ1) is 15.0. The fourth-order valence-electron chi connectivity index (χ4n) is 2.63. The van der Waals surface area contributed by atoms with Gasteiger partial charge in [0.05, 0.1) is 6.04 Å². The predicted molar refractivity (Wildman–Crippen MR) is 126 cm³/mol. The molecule has 4 amide bonds. The number of thiol groups is 1. The van der Waals surface area contributed by atoms with Gasteiger partial charge in [0.25, 0.3) is 0 Å². The lowest BCUT2D eigenvalue weighted by Crippen LogP contribution is -2.58. The molecule has 5 unspecified atom stereocenters. The van der Waals surface area contributed by atoms with Gasteiger partial charge in [0.1, 0.15) is 18.1 Å². The molecule has 184 valence electrons. The largest absolute Gasteiger partial charge is 0.480 e. The summed E-state index contributed by atoms with van der Waals surface area (Å²) in [5.74, 6) is -3.58. The summed E-state index contributed by atoms with van der Waals surface area (Å²) < 4.78 is 0. The Morgan fingerprint density at radius 2 is 1.59 bits per heavy atom. The number of rotatable bonds is 16. The van der Waals surface area contributed by atoms with Crippen molar-refractivity contribution in [2.75, 3.05) is 17.8 Å². The Morgan fingerprint density at radius 3 is 2.06 bits per heavy atom. The summed E-state index contributed by atoms with van der Waals surface area (Å²) >= 11 is 5.40. The molecular weight excluding hydrogens is 458 g/mol. The Labute approximate surface area is 198 Å². The van der Waals surface area contributed by atoms with Crippen molar-refractivity contribution in [3.8, 4) is 0 Å². The molecule has 32 heavy (non-hydrogen) atoms. The van der Waals surface area contributed by atoms with Gasteiger partial charge in [-0.3, -0.25) is 19.2 Å². The van der Waals surface area contributed by atoms with E-state index in [2.05, 4.69) is 28.6 Å². The van der Waals surface area contributed by atoms with Crippen molar-refractivity contribution < 1.29 is 29.1 Å². The molecule has 0 radical (unpaired) electrons. The molecule has 0 heterocycles. The van der Waals surface area contributed by atoms with Gasteiger partial charge in [-0.25, -0.2) is 4.79 Å². The molecule has 8 N–H and O–H groups in total. The fraction of sp³-hybridized carbons (Fsp3) is 0.737. The summed E-state index contributed by atoms with van der Waals surface area (Å²) in [6, 6.07) is -4.27. The average molecular weight is 494 g/mol. The molecule has 0 bridgehead atoms. The van der Waals surface area contributed by atoms with Crippen molar-refractivity contribution in [3.05, 3.63) is 0 Å². The number of primary amides is 1. The zero-order chi connectivity index (χ0) is 24.8. The number of nitrogens with one attached hydrogen (secondary N) is 3. The van der Waals surface area contributed by atoms with Gasteiger partial charge in [-0.05, 0) is 30.8 Å². The molecule has 0 saturated heterocycles. The minimum Gasteiger partial charge on any atom is -0.480 e. The van der Waals surface area contributed by atoms with Crippen LogP contribution in [0, 0.1) is 5.92 Å². The van der Waals surface area contributed by atoms with E-state index in [9.17, 15) is 29.1 Å². The zero-order valence-electron chi connectivity index (χ0n) is 18.6. The van der Waals surface area contributed by atoms with E-state index in [0.717, 1.165) is 0 Å². The highest BCUT2D eigenvalue weighted by Crippen LogP contribution is 2.10. The van der Waals surface area contributed by atoms with Gasteiger partial charge in [0, 0.05) is 12.2 Å². The molecule has 0 aliphatic carbocycles. The van der Waals surface area contributed by atoms with E-state index in [4.69, 9.17) is 11.5 Å². The van der Waals surface area contributed by atoms with Crippen LogP contribution < -0.4 is 27.4 Å². The molecular formula is C19H35N5O6S2. The Hall–Kier alpha value is -1.99. The number of hydrogen-bond acceptors (Lipinski definition) is 8. The van der Waals surface area contributed by atoms with Crippen LogP contribution in [0.5, 0.6) is 0 Å². The normalized spacial score (nSPS) is 15.5. The number of carbonyl (C=O) groups excluding carboxylic acids is 4. The average Bonchev–Trinajstić information content (AvgIpc) is 2.75. The van der Waals surface area contributed by atoms with Crippen LogP contribution in [0.25, 0.3) is 0 Å². The molecule has 0 saturated carbocycles. The van der Waals surface area contributed by atoms with E-state index in [-0.39, 0.29) is 30.9 Å². The number of carbonyl (C=O) groups is 5. The summed E-state index contributed by atoms with van der Waals surface area (Å²) in [4.78, 5) is 60.6. The first kappa shape index (κ1) is 30.0. The maximum atomic E-state index is 12.9. The lowest BCUT2D eigenvalue weighted by atomic mass is 9.97. The Kier molecular flexibility index (Phi) is 14.8. The van der Waals surface area contributed by atoms with Gasteiger partial charge in [-0.15, -0.1) is 0 Å². The van der Waals surface area contributed by atoms with Gasteiger partial charge in [-0.1, -0.05) is 20.3 Å². The maximum Gasteiger partial charge on any atom is 0.326 e. The Morgan fingerprint density at radius 1 is 1.00 bits per heavy atom. The van der Waals surface area contributed by atoms with Crippen molar-refractivity contribution in [2.24, 2.45) is 17.4 Å². The van der Waals surface area contributed by atoms with Gasteiger partial charge in [0.2, 0.25) is 23.6 Å². The second-order valence-corrected chi connectivity index (χ2v) is 8.76. The summed E-state index contributed by atoms with van der Waals surface area (Å²) in [6.07, 6.45) is 2.21. The minimum atomic E-state index is -1.21. The van der Waals surface area contributed by atoms with Crippen molar-refractivity contribution in [1.29, 1.82) is 0 Å². The fourth-order valence-corrected chi connectivity index (χ4v) is 3.26. The quantitative estimate of drug-likeness (QED) is 0.131. The van der Waals surface area contributed by atoms with Gasteiger partial charge >= 0.3 is 5.97 Å². The van der Waals surface area contributed by atoms with Gasteiger partial charge < -0.3 is 32.5 Å². The van der Waals surface area contributed by atoms with Crippen LogP contribution in [0.15, 0.2) is 0 Å². The molecule has 0 spiro atoms. The number of nitrogens with two attached hydrogens (primary N) is 2. The standard InChI is InChI=1S/C19H35N5O6S2/c1-4-10(2)15(24-16(26)11(20)9-31)18(28)22-12(5-6-14(21)25)17(27)23-13(19(29)30)7-8-32-3/h10-13,15,31H,4-9,20H2,1-3H3,(H2,21,25)(H,22,28)(H,23,27)(H,24,26)(H,29,30). The Bertz CT molecular complexity index is 666. The third-order valence-corrected chi connectivity index (χ3v) is 5.90. The highest BCUT2D eigenvalue weighted by Gasteiger charge is 2.32. The molecule has 0 aromatic rings. The topological polar surface area (TPSA) is 194 Å². The van der Waals surface area contributed by atoms with Crippen LogP contribution in [0.1, 0.15) is 39.5 Å². The van der Waals surface area contributed by atoms with Crippen molar-refractivity contribution in [1.82, 2.24) is 16.0 Å². The zero-order valence-corrected chi connectivity index (χ0v) is 20.3. The first-order valence-electron chi connectivity index (χ1n) is 10.3. The van der Waals surface area contributed by atoms with E-state index in [0.29, 0.717) is 12.2 Å². The van der Waals surface area contributed by atoms with E-state index in [1.807, 2.05) is 6.92 Å². The first-order valence-corrected chi connectivity index (χ1v) is 12.3. The Balaban J connectivity index is 5.54. The SMILES string of the molecule is CCC(C)C(NC(=O)C(N)CS)C(=O)NC(CCC(N)=O)C(=O)NC(CCSC)C(=O)O. The van der Waals surface area contributed by atoms with Crippen LogP contribution in [-0.4, -0.2) is 76.6 Å². The van der Waals surface area contributed by atoms with Gasteiger partial charge in [-0.2, -0.15) is 24.4 Å². The second-order valence-electron chi connectivity index (χ2n) is 7.41. The number of carboxylic acids is 1. The van der Waals surface area contributed by atoms with E-state index < -0.39 is 53.8 Å². The van der Waals surface area contributed by atoms with Crippen LogP contribution in [0.2, 0.25) is 0 Å². The summed E-state index contributed by atoms with van der Waals surface area (Å²) in [5.41, 5.74) is 10.8. The highest BCUT2D eigenvalue weighted by atomic mass is 32.2. The molecule has 0 fully saturated rings. The molecule has 0 rings (SSSR count). The van der Waals surface area contributed by atoms with E-state index in [1.165, 1.54) is 11.8 Å². The number of hydrogen-bond donors (Lipinski definition) is 7. The number of amides is 4. The lowest BCUT2D eigenvalue weighted by molar-refractivity contribution is -0.142. The van der Waals surface area contributed by atoms with Crippen molar-refractivity contribution in [2.45, 2.75) is 63.7 Å². The molecule has 13 heteroatoms. The minimum absolute atomic E-state index is 0.0803. The summed E-state index contributed by atoms with van der Waals surface area (Å²) in [5, 5.41) is 16.8. The smallest absolute Gasteiger partial charge is 0.326 e. The van der Waals surface area contributed by atoms with E-state index >= 15 is 0 Å². The monoisotopic (exact) mass is 493 g/mol. The second kappa shape index (κ2) is 15.8. The highest BCUT2D eigenvalue weighted by molar-refractivity contribution is 7.98. The molecule has 11 nitrogen and oxygen atoms in total. The number of aliphatic carboxylic acids is 1. The third-order valence-electron chi connectivity index (χ3n) is 4.86. The van der Waals surface area contributed by atoms with Crippen LogP contribution >= 0.6 is 24.4 Å². The molecule has 0 aliphatic rings. The third kappa shape index (κ3) is 11.0. The molecule has 0 aromatic heterocycles. The van der Waals surface area contributed by atoms with Crippen LogP contribution in [0.4, 0.5) is 0 Å². The molecule has 0 aromatic carbocycles. The summed E-state index contributed by atoms with van der Waals surface area (Å²) in [6.45, 7) is 3.58. The van der Waals surface area contributed by atoms with Crippen molar-refractivity contribution in [3.63, 3.8) is 0 Å². The van der Waals surface area contributed by atoms with Crippen LogP contribution in [0.3, 0.4) is 0 Å². The lowest BCUT2D eigenvalue weighted by Gasteiger charge is -2.27. The van der Waals surface area contributed by atoms with E-state index in [1.54, 1.807) is 13.2 Å². The maximum absolute atomic E-state index is 12.9. The number of carboxylic acid groups (broad SMARTS) is 1. The van der Waals surface area contributed by atoms with Crippen LogP contribution in [-0.2, 0) is 24.0 Å². The molecule has 5 atom stereocenters. The molecule has 0 aliphatic heterocycles. The number of thioether (sulfide) groups is 1. The van der Waals surface area contributed by atoms with Gasteiger partial charge in [0.15, 0.2) is 0 Å². The van der Waals surface area contributed by atoms with Crippen molar-refractivity contribution >= 4 is 54.0 Å².